The monoisotopic (exact) mass is 443 g/mol. The van der Waals surface area contributed by atoms with E-state index in [0.29, 0.717) is 16.9 Å². The Kier molecular flexibility index (Phi) is 5.64. The summed E-state index contributed by atoms with van der Waals surface area (Å²) in [6, 6.07) is 12.6. The van der Waals surface area contributed by atoms with Crippen LogP contribution in [0.1, 0.15) is 41.7 Å². The molecular weight excluding hydrogens is 417 g/mol. The number of halogens is 1. The van der Waals surface area contributed by atoms with Crippen LogP contribution in [0.15, 0.2) is 61.1 Å². The van der Waals surface area contributed by atoms with E-state index in [9.17, 15) is 9.18 Å². The number of nitrogens with one attached hydrogen (secondary N) is 1. The largest absolute Gasteiger partial charge is 0.346 e. The van der Waals surface area contributed by atoms with Crippen LogP contribution >= 0.6 is 0 Å². The molecular formula is C26H26FN5O. The molecule has 1 fully saturated rings. The summed E-state index contributed by atoms with van der Waals surface area (Å²) in [6.07, 6.45) is 9.21. The van der Waals surface area contributed by atoms with Gasteiger partial charge in [-0.3, -0.25) is 14.2 Å². The van der Waals surface area contributed by atoms with Crippen LogP contribution in [-0.4, -0.2) is 32.4 Å². The molecule has 1 saturated carbocycles. The zero-order chi connectivity index (χ0) is 22.9. The first-order valence-electron chi connectivity index (χ1n) is 11.3. The predicted octanol–water partition coefficient (Wildman–Crippen LogP) is 4.51. The van der Waals surface area contributed by atoms with Gasteiger partial charge in [0.25, 0.3) is 5.91 Å². The molecule has 1 aliphatic rings. The molecule has 168 valence electrons. The highest BCUT2D eigenvalue weighted by molar-refractivity contribution is 5.94. The molecule has 3 N–H and O–H groups in total. The molecule has 0 radical (unpaired) electrons. The van der Waals surface area contributed by atoms with Crippen LogP contribution in [0.25, 0.3) is 28.0 Å². The van der Waals surface area contributed by atoms with Crippen molar-refractivity contribution in [3.05, 3.63) is 78.1 Å². The van der Waals surface area contributed by atoms with E-state index in [0.717, 1.165) is 48.1 Å². The molecule has 0 spiro atoms. The van der Waals surface area contributed by atoms with Gasteiger partial charge in [-0.15, -0.1) is 0 Å². The van der Waals surface area contributed by atoms with Gasteiger partial charge in [-0.05, 0) is 61.7 Å². The Morgan fingerprint density at radius 3 is 2.76 bits per heavy atom. The van der Waals surface area contributed by atoms with Crippen LogP contribution in [0.4, 0.5) is 4.39 Å². The van der Waals surface area contributed by atoms with Gasteiger partial charge in [0.1, 0.15) is 17.2 Å². The fraction of sp³-hybridized carbons (Fsp3) is 0.269. The van der Waals surface area contributed by atoms with Crippen molar-refractivity contribution in [2.45, 2.75) is 44.7 Å². The molecule has 3 aromatic heterocycles. The van der Waals surface area contributed by atoms with Gasteiger partial charge in [0, 0.05) is 41.2 Å². The van der Waals surface area contributed by atoms with Crippen LogP contribution < -0.4 is 11.1 Å². The smallest absolute Gasteiger partial charge is 0.270 e. The van der Waals surface area contributed by atoms with Crippen molar-refractivity contribution >= 4 is 11.6 Å². The van der Waals surface area contributed by atoms with Gasteiger partial charge in [-0.1, -0.05) is 18.9 Å². The van der Waals surface area contributed by atoms with E-state index in [1.54, 1.807) is 35.9 Å². The first kappa shape index (κ1) is 21.3. The molecule has 0 saturated heterocycles. The molecule has 2 atom stereocenters. The lowest BCUT2D eigenvalue weighted by molar-refractivity contribution is 0.0915. The summed E-state index contributed by atoms with van der Waals surface area (Å²) in [5.74, 6) is -0.424. The number of aromatic nitrogens is 3. The number of rotatable bonds is 4. The Balaban J connectivity index is 1.52. The lowest BCUT2D eigenvalue weighted by Crippen LogP contribution is -2.49. The number of nitrogens with zero attached hydrogens (tertiary/aromatic N) is 3. The van der Waals surface area contributed by atoms with Gasteiger partial charge in [0.05, 0.1) is 11.9 Å². The van der Waals surface area contributed by atoms with Gasteiger partial charge in [0.2, 0.25) is 0 Å². The summed E-state index contributed by atoms with van der Waals surface area (Å²) in [5.41, 5.74) is 11.3. The summed E-state index contributed by atoms with van der Waals surface area (Å²) in [7, 11) is 0. The number of amides is 1. The minimum atomic E-state index is -0.246. The Morgan fingerprint density at radius 1 is 1.12 bits per heavy atom. The second-order valence-electron chi connectivity index (χ2n) is 8.68. The van der Waals surface area contributed by atoms with Crippen molar-refractivity contribution in [2.75, 3.05) is 0 Å². The van der Waals surface area contributed by atoms with Crippen LogP contribution in [0.5, 0.6) is 0 Å². The molecule has 1 aliphatic carbocycles. The van der Waals surface area contributed by atoms with Crippen LogP contribution in [0.3, 0.4) is 0 Å². The van der Waals surface area contributed by atoms with Gasteiger partial charge in [0.15, 0.2) is 0 Å². The lowest BCUT2D eigenvalue weighted by Gasteiger charge is -2.29. The fourth-order valence-electron chi connectivity index (χ4n) is 4.55. The second kappa shape index (κ2) is 8.75. The molecule has 0 unspecified atom stereocenters. The maximum absolute atomic E-state index is 13.8. The van der Waals surface area contributed by atoms with E-state index >= 15 is 0 Å². The number of hydrogen-bond donors (Lipinski definition) is 2. The third-order valence-electron chi connectivity index (χ3n) is 6.42. The molecule has 0 bridgehead atoms. The van der Waals surface area contributed by atoms with Gasteiger partial charge < -0.3 is 11.1 Å². The number of carbonyl (C=O) groups excluding carboxylic acids is 1. The third-order valence-corrected chi connectivity index (χ3v) is 6.42. The van der Waals surface area contributed by atoms with Crippen LogP contribution in [0, 0.1) is 12.7 Å². The van der Waals surface area contributed by atoms with E-state index < -0.39 is 0 Å². The molecule has 0 aliphatic heterocycles. The number of aryl methyl sites for hydroxylation is 1. The highest BCUT2D eigenvalue weighted by atomic mass is 19.1. The van der Waals surface area contributed by atoms with Gasteiger partial charge in [-0.25, -0.2) is 9.37 Å². The molecule has 5 rings (SSSR count). The zero-order valence-electron chi connectivity index (χ0n) is 18.5. The second-order valence-corrected chi connectivity index (χ2v) is 8.68. The number of hydrogen-bond acceptors (Lipinski definition) is 4. The third kappa shape index (κ3) is 4.12. The lowest BCUT2D eigenvalue weighted by atomic mass is 9.91. The standard InChI is InChI=1S/C26H26FN5O/c1-16-13-17(8-10-20(16)27)25-19(5-4-12-29-25)18-9-11-24-30-14-23(32(24)15-18)26(33)31-22-7-3-2-6-21(22)28/h4-5,8-15,21-22H,2-3,6-7,28H2,1H3,(H,31,33)/t21-,22-/m0/s1. The van der Waals surface area contributed by atoms with Crippen molar-refractivity contribution in [2.24, 2.45) is 5.73 Å². The minimum absolute atomic E-state index is 0.0189. The molecule has 7 heteroatoms. The molecule has 33 heavy (non-hydrogen) atoms. The molecule has 4 aromatic rings. The first-order chi connectivity index (χ1) is 16.0. The molecule has 1 aromatic carbocycles. The number of carbonyl (C=O) groups is 1. The first-order valence-corrected chi connectivity index (χ1v) is 11.3. The average molecular weight is 444 g/mol. The Morgan fingerprint density at radius 2 is 1.94 bits per heavy atom. The van der Waals surface area contributed by atoms with E-state index in [2.05, 4.69) is 15.3 Å². The van der Waals surface area contributed by atoms with Crippen molar-refractivity contribution in [3.8, 4) is 22.4 Å². The van der Waals surface area contributed by atoms with Gasteiger partial charge in [-0.2, -0.15) is 0 Å². The number of fused-ring (bicyclic) bond motifs is 1. The summed E-state index contributed by atoms with van der Waals surface area (Å²) in [4.78, 5) is 22.0. The maximum Gasteiger partial charge on any atom is 0.270 e. The Labute approximate surface area is 191 Å². The summed E-state index contributed by atoms with van der Waals surface area (Å²) in [5, 5.41) is 3.10. The summed E-state index contributed by atoms with van der Waals surface area (Å²) in [6.45, 7) is 1.74. The molecule has 1 amide bonds. The van der Waals surface area contributed by atoms with E-state index in [1.165, 1.54) is 6.07 Å². The summed E-state index contributed by atoms with van der Waals surface area (Å²) < 4.78 is 15.6. The Bertz CT molecular complexity index is 1330. The molecule has 3 heterocycles. The van der Waals surface area contributed by atoms with Crippen molar-refractivity contribution < 1.29 is 9.18 Å². The van der Waals surface area contributed by atoms with Crippen LogP contribution in [0.2, 0.25) is 0 Å². The topological polar surface area (TPSA) is 85.3 Å². The highest BCUT2D eigenvalue weighted by Crippen LogP contribution is 2.31. The zero-order valence-corrected chi connectivity index (χ0v) is 18.5. The van der Waals surface area contributed by atoms with E-state index in [4.69, 9.17) is 5.73 Å². The fourth-order valence-corrected chi connectivity index (χ4v) is 4.55. The quantitative estimate of drug-likeness (QED) is 0.486. The Hall–Kier alpha value is -3.58. The highest BCUT2D eigenvalue weighted by Gasteiger charge is 2.25. The van der Waals surface area contributed by atoms with Crippen LogP contribution in [-0.2, 0) is 0 Å². The molecule has 6 nitrogen and oxygen atoms in total. The number of imidazole rings is 1. The van der Waals surface area contributed by atoms with Crippen molar-refractivity contribution in [1.29, 1.82) is 0 Å². The SMILES string of the molecule is Cc1cc(-c2ncccc2-c2ccc3ncc(C(=O)N[C@H]4CCCC[C@@H]4N)n3c2)ccc1F. The van der Waals surface area contributed by atoms with Gasteiger partial charge >= 0.3 is 0 Å². The maximum atomic E-state index is 13.8. The number of benzene rings is 1. The van der Waals surface area contributed by atoms with Crippen molar-refractivity contribution in [1.82, 2.24) is 19.7 Å². The van der Waals surface area contributed by atoms with Crippen molar-refractivity contribution in [3.63, 3.8) is 0 Å². The minimum Gasteiger partial charge on any atom is -0.346 e. The normalized spacial score (nSPS) is 18.4. The number of nitrogens with two attached hydrogens (primary N) is 1. The average Bonchev–Trinajstić information content (AvgIpc) is 3.26. The van der Waals surface area contributed by atoms with E-state index in [1.807, 2.05) is 30.5 Å². The number of pyridine rings is 2. The van der Waals surface area contributed by atoms with E-state index in [-0.39, 0.29) is 23.8 Å². The predicted molar refractivity (Wildman–Crippen MR) is 126 cm³/mol. The summed E-state index contributed by atoms with van der Waals surface area (Å²) >= 11 is 0.